The zero-order valence-corrected chi connectivity index (χ0v) is 14.1. The molecule has 21 heavy (non-hydrogen) atoms. The Morgan fingerprint density at radius 2 is 2.29 bits per heavy atom. The SMILES string of the molecule is CCCNC(c1ccc2ncccc2c1)C1CSCCS1. The summed E-state index contributed by atoms with van der Waals surface area (Å²) < 4.78 is 0. The van der Waals surface area contributed by atoms with E-state index >= 15 is 0 Å². The molecule has 2 heterocycles. The van der Waals surface area contributed by atoms with E-state index < -0.39 is 0 Å². The van der Waals surface area contributed by atoms with Gasteiger partial charge in [-0.05, 0) is 36.7 Å². The molecule has 0 radical (unpaired) electrons. The largest absolute Gasteiger partial charge is 0.309 e. The van der Waals surface area contributed by atoms with Crippen LogP contribution >= 0.6 is 23.5 Å². The predicted molar refractivity (Wildman–Crippen MR) is 96.3 cm³/mol. The lowest BCUT2D eigenvalue weighted by Crippen LogP contribution is -2.34. The van der Waals surface area contributed by atoms with Crippen molar-refractivity contribution in [2.24, 2.45) is 0 Å². The molecule has 3 rings (SSSR count). The van der Waals surface area contributed by atoms with Gasteiger partial charge in [-0.15, -0.1) is 0 Å². The smallest absolute Gasteiger partial charge is 0.0702 e. The Balaban J connectivity index is 1.88. The van der Waals surface area contributed by atoms with Gasteiger partial charge >= 0.3 is 0 Å². The third-order valence-electron chi connectivity index (χ3n) is 3.81. The van der Waals surface area contributed by atoms with Gasteiger partial charge in [0.1, 0.15) is 0 Å². The molecule has 0 bridgehead atoms. The van der Waals surface area contributed by atoms with E-state index in [1.165, 1.54) is 34.6 Å². The highest BCUT2D eigenvalue weighted by molar-refractivity contribution is 8.06. The number of pyridine rings is 1. The Kier molecular flexibility index (Phi) is 5.44. The topological polar surface area (TPSA) is 24.9 Å². The zero-order valence-electron chi connectivity index (χ0n) is 12.4. The van der Waals surface area contributed by atoms with Gasteiger partial charge in [0.2, 0.25) is 0 Å². The Morgan fingerprint density at radius 1 is 1.33 bits per heavy atom. The van der Waals surface area contributed by atoms with Crippen LogP contribution in [0.5, 0.6) is 0 Å². The number of hydrogen-bond acceptors (Lipinski definition) is 4. The van der Waals surface area contributed by atoms with Crippen LogP contribution in [-0.2, 0) is 0 Å². The van der Waals surface area contributed by atoms with Gasteiger partial charge in [0, 0.05) is 40.1 Å². The average molecular weight is 319 g/mol. The molecule has 2 aromatic rings. The maximum Gasteiger partial charge on any atom is 0.0702 e. The van der Waals surface area contributed by atoms with Crippen molar-refractivity contribution in [3.8, 4) is 0 Å². The van der Waals surface area contributed by atoms with E-state index in [2.05, 4.69) is 65.0 Å². The highest BCUT2D eigenvalue weighted by atomic mass is 32.2. The monoisotopic (exact) mass is 318 g/mol. The van der Waals surface area contributed by atoms with Crippen LogP contribution in [0.4, 0.5) is 0 Å². The summed E-state index contributed by atoms with van der Waals surface area (Å²) in [5, 5.41) is 5.68. The second kappa shape index (κ2) is 7.52. The standard InChI is InChI=1S/C17H22N2S2/c1-2-7-19-17(16-12-20-9-10-21-16)14-5-6-15-13(11-14)4-3-8-18-15/h3-6,8,11,16-17,19H,2,7,9-10,12H2,1H3. The zero-order chi connectivity index (χ0) is 14.5. The number of rotatable bonds is 5. The molecule has 0 amide bonds. The second-order valence-electron chi connectivity index (χ2n) is 5.37. The first-order chi connectivity index (χ1) is 10.4. The van der Waals surface area contributed by atoms with Gasteiger partial charge < -0.3 is 5.32 Å². The van der Waals surface area contributed by atoms with E-state index in [1.54, 1.807) is 0 Å². The first-order valence-corrected chi connectivity index (χ1v) is 9.86. The molecule has 2 nitrogen and oxygen atoms in total. The fraction of sp³-hybridized carbons (Fsp3) is 0.471. The second-order valence-corrected chi connectivity index (χ2v) is 7.87. The molecule has 1 saturated heterocycles. The van der Waals surface area contributed by atoms with Crippen molar-refractivity contribution in [2.75, 3.05) is 23.8 Å². The van der Waals surface area contributed by atoms with Crippen LogP contribution in [0.3, 0.4) is 0 Å². The quantitative estimate of drug-likeness (QED) is 0.896. The number of benzene rings is 1. The Morgan fingerprint density at radius 3 is 3.10 bits per heavy atom. The van der Waals surface area contributed by atoms with Crippen LogP contribution in [0, 0.1) is 0 Å². The minimum Gasteiger partial charge on any atom is -0.309 e. The first-order valence-electron chi connectivity index (χ1n) is 7.66. The molecule has 2 unspecified atom stereocenters. The van der Waals surface area contributed by atoms with Gasteiger partial charge in [-0.1, -0.05) is 19.1 Å². The molecule has 1 aromatic carbocycles. The third kappa shape index (κ3) is 3.74. The molecular weight excluding hydrogens is 296 g/mol. The molecule has 1 aromatic heterocycles. The van der Waals surface area contributed by atoms with E-state index in [0.717, 1.165) is 12.1 Å². The van der Waals surface area contributed by atoms with Crippen molar-refractivity contribution >= 4 is 34.4 Å². The van der Waals surface area contributed by atoms with Gasteiger partial charge in [0.15, 0.2) is 0 Å². The molecule has 2 atom stereocenters. The van der Waals surface area contributed by atoms with Gasteiger partial charge in [0.05, 0.1) is 5.52 Å². The Hall–Kier alpha value is -0.710. The summed E-state index contributed by atoms with van der Waals surface area (Å²) in [5.41, 5.74) is 2.49. The van der Waals surface area contributed by atoms with Crippen LogP contribution in [0.1, 0.15) is 24.9 Å². The lowest BCUT2D eigenvalue weighted by molar-refractivity contribution is 0.530. The molecule has 112 valence electrons. The van der Waals surface area contributed by atoms with E-state index in [4.69, 9.17) is 0 Å². The Labute approximate surface area is 135 Å². The summed E-state index contributed by atoms with van der Waals surface area (Å²) in [6, 6.07) is 11.4. The van der Waals surface area contributed by atoms with Crippen LogP contribution in [0.25, 0.3) is 10.9 Å². The normalized spacial score (nSPS) is 20.5. The fourth-order valence-electron chi connectivity index (χ4n) is 2.75. The summed E-state index contributed by atoms with van der Waals surface area (Å²) >= 11 is 4.21. The molecule has 4 heteroatoms. The number of aromatic nitrogens is 1. The lowest BCUT2D eigenvalue weighted by Gasteiger charge is -2.31. The molecular formula is C17H22N2S2. The average Bonchev–Trinajstić information content (AvgIpc) is 2.56. The number of fused-ring (bicyclic) bond motifs is 1. The number of nitrogens with zero attached hydrogens (tertiary/aromatic N) is 1. The van der Waals surface area contributed by atoms with E-state index in [1.807, 2.05) is 12.3 Å². The van der Waals surface area contributed by atoms with Crippen LogP contribution in [-0.4, -0.2) is 34.0 Å². The molecule has 1 fully saturated rings. The van der Waals surface area contributed by atoms with E-state index in [-0.39, 0.29) is 0 Å². The molecule has 1 N–H and O–H groups in total. The summed E-state index contributed by atoms with van der Waals surface area (Å²) in [4.78, 5) is 4.43. The summed E-state index contributed by atoms with van der Waals surface area (Å²) in [5.74, 6) is 3.81. The van der Waals surface area contributed by atoms with Gasteiger partial charge in [0.25, 0.3) is 0 Å². The molecule has 0 spiro atoms. The number of thioether (sulfide) groups is 2. The summed E-state index contributed by atoms with van der Waals surface area (Å²) in [6.45, 7) is 3.31. The van der Waals surface area contributed by atoms with Crippen molar-refractivity contribution < 1.29 is 0 Å². The van der Waals surface area contributed by atoms with Crippen LogP contribution < -0.4 is 5.32 Å². The van der Waals surface area contributed by atoms with Crippen molar-refractivity contribution in [1.29, 1.82) is 0 Å². The molecule has 1 aliphatic heterocycles. The molecule has 0 saturated carbocycles. The number of hydrogen-bond donors (Lipinski definition) is 1. The highest BCUT2D eigenvalue weighted by Crippen LogP contribution is 2.34. The predicted octanol–water partition coefficient (Wildman–Crippen LogP) is 4.12. The van der Waals surface area contributed by atoms with Crippen molar-refractivity contribution in [2.45, 2.75) is 24.6 Å². The van der Waals surface area contributed by atoms with Gasteiger partial charge in [-0.2, -0.15) is 23.5 Å². The summed E-state index contributed by atoms with van der Waals surface area (Å²) in [7, 11) is 0. The van der Waals surface area contributed by atoms with E-state index in [0.29, 0.717) is 11.3 Å². The van der Waals surface area contributed by atoms with Crippen molar-refractivity contribution in [3.63, 3.8) is 0 Å². The van der Waals surface area contributed by atoms with Gasteiger partial charge in [-0.25, -0.2) is 0 Å². The third-order valence-corrected chi connectivity index (χ3v) is 6.68. The van der Waals surface area contributed by atoms with E-state index in [9.17, 15) is 0 Å². The first kappa shape index (κ1) is 15.2. The fourth-order valence-corrected chi connectivity index (χ4v) is 5.62. The maximum absolute atomic E-state index is 4.43. The molecule has 0 aliphatic carbocycles. The Bertz CT molecular complexity index is 582. The van der Waals surface area contributed by atoms with Crippen molar-refractivity contribution in [1.82, 2.24) is 10.3 Å². The maximum atomic E-state index is 4.43. The summed E-state index contributed by atoms with van der Waals surface area (Å²) in [6.07, 6.45) is 3.04. The number of nitrogens with one attached hydrogen (secondary N) is 1. The van der Waals surface area contributed by atoms with Crippen LogP contribution in [0.2, 0.25) is 0 Å². The minimum absolute atomic E-state index is 0.451. The van der Waals surface area contributed by atoms with Crippen LogP contribution in [0.15, 0.2) is 36.5 Å². The minimum atomic E-state index is 0.451. The lowest BCUT2D eigenvalue weighted by atomic mass is 10.0. The van der Waals surface area contributed by atoms with Crippen molar-refractivity contribution in [3.05, 3.63) is 42.1 Å². The highest BCUT2D eigenvalue weighted by Gasteiger charge is 2.25. The van der Waals surface area contributed by atoms with Gasteiger partial charge in [-0.3, -0.25) is 4.98 Å². The molecule has 1 aliphatic rings.